The van der Waals surface area contributed by atoms with Crippen LogP contribution in [-0.4, -0.2) is 53.8 Å². The lowest BCUT2D eigenvalue weighted by atomic mass is 9.90. The fourth-order valence-electron chi connectivity index (χ4n) is 2.99. The zero-order valence-corrected chi connectivity index (χ0v) is 13.4. The Morgan fingerprint density at radius 2 is 1.86 bits per heavy atom. The molecule has 0 aromatic carbocycles. The molecule has 0 aromatic rings. The fourth-order valence-corrected chi connectivity index (χ4v) is 2.99. The third-order valence-corrected chi connectivity index (χ3v) is 4.25. The molecule has 0 spiro atoms. The van der Waals surface area contributed by atoms with Crippen molar-refractivity contribution in [1.29, 1.82) is 0 Å². The van der Waals surface area contributed by atoms with E-state index in [0.29, 0.717) is 26.0 Å². The molecule has 1 saturated carbocycles. The van der Waals surface area contributed by atoms with Gasteiger partial charge in [0.2, 0.25) is 0 Å². The van der Waals surface area contributed by atoms with Crippen LogP contribution in [0, 0.1) is 0 Å². The number of carboxylic acids is 1. The van der Waals surface area contributed by atoms with Gasteiger partial charge in [0.05, 0.1) is 12.6 Å². The third kappa shape index (κ3) is 4.59. The second kappa shape index (κ2) is 8.22. The molecule has 122 valence electrons. The van der Waals surface area contributed by atoms with Gasteiger partial charge >= 0.3 is 12.0 Å². The van der Waals surface area contributed by atoms with E-state index in [4.69, 9.17) is 4.74 Å². The van der Waals surface area contributed by atoms with Gasteiger partial charge in [0.1, 0.15) is 5.54 Å². The highest BCUT2D eigenvalue weighted by molar-refractivity contribution is 5.86. The van der Waals surface area contributed by atoms with E-state index in [-0.39, 0.29) is 12.1 Å². The molecule has 21 heavy (non-hydrogen) atoms. The Bertz CT molecular complexity index is 352. The number of methoxy groups -OCH3 is 1. The summed E-state index contributed by atoms with van der Waals surface area (Å²) in [4.78, 5) is 25.8. The van der Waals surface area contributed by atoms with Crippen LogP contribution < -0.4 is 5.32 Å². The molecule has 1 rings (SSSR count). The molecule has 0 heterocycles. The Labute approximate surface area is 126 Å². The summed E-state index contributed by atoms with van der Waals surface area (Å²) >= 11 is 0. The van der Waals surface area contributed by atoms with Crippen LogP contribution in [0.1, 0.15) is 52.4 Å². The number of carbonyl (C=O) groups excluding carboxylic acids is 1. The van der Waals surface area contributed by atoms with Gasteiger partial charge in [0, 0.05) is 13.7 Å². The number of ether oxygens (including phenoxy) is 1. The van der Waals surface area contributed by atoms with Crippen molar-refractivity contribution in [1.82, 2.24) is 10.2 Å². The molecule has 1 aliphatic carbocycles. The van der Waals surface area contributed by atoms with Crippen molar-refractivity contribution in [2.75, 3.05) is 20.3 Å². The van der Waals surface area contributed by atoms with Gasteiger partial charge in [0.25, 0.3) is 0 Å². The van der Waals surface area contributed by atoms with Gasteiger partial charge in [-0.15, -0.1) is 0 Å². The second-order valence-corrected chi connectivity index (χ2v) is 5.82. The lowest BCUT2D eigenvalue weighted by Crippen LogP contribution is -2.59. The summed E-state index contributed by atoms with van der Waals surface area (Å²) in [5.41, 5.74) is -1.12. The number of nitrogens with one attached hydrogen (secondary N) is 1. The number of hydrogen-bond acceptors (Lipinski definition) is 3. The van der Waals surface area contributed by atoms with E-state index >= 15 is 0 Å². The smallest absolute Gasteiger partial charge is 0.329 e. The van der Waals surface area contributed by atoms with Gasteiger partial charge in [-0.1, -0.05) is 25.7 Å². The first-order valence-corrected chi connectivity index (χ1v) is 7.78. The van der Waals surface area contributed by atoms with Crippen LogP contribution in [-0.2, 0) is 9.53 Å². The van der Waals surface area contributed by atoms with Crippen molar-refractivity contribution in [3.05, 3.63) is 0 Å². The van der Waals surface area contributed by atoms with Crippen molar-refractivity contribution < 1.29 is 19.4 Å². The molecule has 0 radical (unpaired) electrons. The van der Waals surface area contributed by atoms with Crippen LogP contribution in [0.4, 0.5) is 4.79 Å². The summed E-state index contributed by atoms with van der Waals surface area (Å²) in [6.07, 6.45) is 4.75. The topological polar surface area (TPSA) is 78.9 Å². The van der Waals surface area contributed by atoms with Gasteiger partial charge in [-0.2, -0.15) is 0 Å². The van der Waals surface area contributed by atoms with E-state index in [1.165, 1.54) is 0 Å². The molecule has 0 aliphatic heterocycles. The van der Waals surface area contributed by atoms with Crippen LogP contribution in [0.3, 0.4) is 0 Å². The largest absolute Gasteiger partial charge is 0.480 e. The molecular formula is C15H28N2O4. The maximum atomic E-state index is 12.5. The van der Waals surface area contributed by atoms with E-state index in [0.717, 1.165) is 25.7 Å². The molecule has 0 bridgehead atoms. The maximum Gasteiger partial charge on any atom is 0.329 e. The van der Waals surface area contributed by atoms with E-state index in [2.05, 4.69) is 5.32 Å². The van der Waals surface area contributed by atoms with Crippen molar-refractivity contribution in [2.45, 2.75) is 64.0 Å². The zero-order chi connectivity index (χ0) is 15.9. The first kappa shape index (κ1) is 17.8. The Morgan fingerprint density at radius 3 is 2.29 bits per heavy atom. The molecular weight excluding hydrogens is 272 g/mol. The summed E-state index contributed by atoms with van der Waals surface area (Å²) in [5.74, 6) is -0.923. The van der Waals surface area contributed by atoms with Crippen LogP contribution in [0.15, 0.2) is 0 Å². The van der Waals surface area contributed by atoms with Gasteiger partial charge in [-0.05, 0) is 26.7 Å². The van der Waals surface area contributed by atoms with Gasteiger partial charge in [0.15, 0.2) is 0 Å². The van der Waals surface area contributed by atoms with E-state index in [1.54, 1.807) is 12.0 Å². The maximum absolute atomic E-state index is 12.5. The number of likely N-dealkylation sites (N-methyl/N-ethyl adjacent to an activating group) is 1. The average Bonchev–Trinajstić information content (AvgIpc) is 2.66. The summed E-state index contributed by atoms with van der Waals surface area (Å²) in [5, 5.41) is 12.4. The molecule has 1 fully saturated rings. The SMILES string of the molecule is CCN(C(=O)NC1(C(=O)O)CCCCCC1)C(C)COC. The minimum absolute atomic E-state index is 0.0865. The Kier molecular flexibility index (Phi) is 6.95. The van der Waals surface area contributed by atoms with Gasteiger partial charge in [-0.3, -0.25) is 0 Å². The molecule has 1 atom stereocenters. The number of aliphatic carboxylic acids is 1. The number of rotatable bonds is 6. The first-order valence-electron chi connectivity index (χ1n) is 7.78. The van der Waals surface area contributed by atoms with E-state index in [1.807, 2.05) is 13.8 Å². The molecule has 0 saturated heterocycles. The number of urea groups is 1. The van der Waals surface area contributed by atoms with Crippen LogP contribution in [0.25, 0.3) is 0 Å². The lowest BCUT2D eigenvalue weighted by Gasteiger charge is -2.34. The number of nitrogens with zero attached hydrogens (tertiary/aromatic N) is 1. The molecule has 2 N–H and O–H groups in total. The highest BCUT2D eigenvalue weighted by Crippen LogP contribution is 2.27. The molecule has 0 aromatic heterocycles. The van der Waals surface area contributed by atoms with Crippen LogP contribution >= 0.6 is 0 Å². The predicted molar refractivity (Wildman–Crippen MR) is 80.3 cm³/mol. The lowest BCUT2D eigenvalue weighted by molar-refractivity contribution is -0.145. The number of carboxylic acid groups (broad SMARTS) is 1. The number of amides is 2. The van der Waals surface area contributed by atoms with E-state index in [9.17, 15) is 14.7 Å². The zero-order valence-electron chi connectivity index (χ0n) is 13.4. The Hall–Kier alpha value is -1.30. The summed E-state index contributed by atoms with van der Waals surface area (Å²) in [7, 11) is 1.59. The monoisotopic (exact) mass is 300 g/mol. The predicted octanol–water partition coefficient (Wildman–Crippen LogP) is 2.23. The minimum atomic E-state index is -1.12. The fraction of sp³-hybridized carbons (Fsp3) is 0.867. The normalized spacial score (nSPS) is 19.4. The molecule has 1 aliphatic rings. The molecule has 6 heteroatoms. The highest BCUT2D eigenvalue weighted by Gasteiger charge is 2.41. The Balaban J connectivity index is 2.81. The summed E-state index contributed by atoms with van der Waals surface area (Å²) in [6.45, 7) is 4.73. The van der Waals surface area contributed by atoms with Gasteiger partial charge in [-0.25, -0.2) is 9.59 Å². The van der Waals surface area contributed by atoms with Crippen molar-refractivity contribution in [3.63, 3.8) is 0 Å². The third-order valence-electron chi connectivity index (χ3n) is 4.25. The van der Waals surface area contributed by atoms with Crippen molar-refractivity contribution in [3.8, 4) is 0 Å². The standard InChI is InChI=1S/C15H28N2O4/c1-4-17(12(2)11-21-3)14(20)16-15(13(18)19)9-7-5-6-8-10-15/h12H,4-11H2,1-3H3,(H,16,20)(H,18,19). The van der Waals surface area contributed by atoms with Gasteiger partial charge < -0.3 is 20.1 Å². The summed E-state index contributed by atoms with van der Waals surface area (Å²) in [6, 6.07) is -0.400. The molecule has 1 unspecified atom stereocenters. The first-order chi connectivity index (χ1) is 9.96. The quantitative estimate of drug-likeness (QED) is 0.737. The average molecular weight is 300 g/mol. The highest BCUT2D eigenvalue weighted by atomic mass is 16.5. The minimum Gasteiger partial charge on any atom is -0.480 e. The molecule has 6 nitrogen and oxygen atoms in total. The van der Waals surface area contributed by atoms with Crippen LogP contribution in [0.5, 0.6) is 0 Å². The van der Waals surface area contributed by atoms with Crippen molar-refractivity contribution >= 4 is 12.0 Å². The number of hydrogen-bond donors (Lipinski definition) is 2. The number of carbonyl (C=O) groups is 2. The second-order valence-electron chi connectivity index (χ2n) is 5.82. The Morgan fingerprint density at radius 1 is 1.29 bits per heavy atom. The van der Waals surface area contributed by atoms with Crippen LogP contribution in [0.2, 0.25) is 0 Å². The van der Waals surface area contributed by atoms with E-state index < -0.39 is 11.5 Å². The summed E-state index contributed by atoms with van der Waals surface area (Å²) < 4.78 is 5.08. The molecule has 2 amide bonds. The van der Waals surface area contributed by atoms with Crippen molar-refractivity contribution in [2.24, 2.45) is 0 Å².